The van der Waals surface area contributed by atoms with Crippen LogP contribution in [0.4, 0.5) is 11.8 Å². The zero-order valence-electron chi connectivity index (χ0n) is 20.7. The van der Waals surface area contributed by atoms with Crippen LogP contribution in [-0.2, 0) is 11.2 Å². The smallest absolute Gasteiger partial charge is 0.257 e. The lowest BCUT2D eigenvalue weighted by Gasteiger charge is -2.35. The fraction of sp³-hybridized carbons (Fsp3) is 0.321. The van der Waals surface area contributed by atoms with E-state index in [9.17, 15) is 4.79 Å². The number of carbonyl (C=O) groups excluding carboxylic acids is 1. The lowest BCUT2D eigenvalue weighted by atomic mass is 10.0. The van der Waals surface area contributed by atoms with Crippen LogP contribution in [0.2, 0.25) is 0 Å². The Balaban J connectivity index is 1.14. The van der Waals surface area contributed by atoms with Crippen molar-refractivity contribution in [2.75, 3.05) is 62.3 Å². The van der Waals surface area contributed by atoms with Gasteiger partial charge in [0, 0.05) is 68.9 Å². The molecule has 9 nitrogen and oxygen atoms in total. The van der Waals surface area contributed by atoms with Crippen molar-refractivity contribution in [1.82, 2.24) is 25.1 Å². The molecule has 9 heteroatoms. The summed E-state index contributed by atoms with van der Waals surface area (Å²) in [5.74, 6) is 1.52. The van der Waals surface area contributed by atoms with Crippen LogP contribution in [0.3, 0.4) is 0 Å². The van der Waals surface area contributed by atoms with Gasteiger partial charge in [-0.2, -0.15) is 5.10 Å². The molecule has 2 aromatic carbocycles. The van der Waals surface area contributed by atoms with E-state index in [2.05, 4.69) is 78.5 Å². The molecule has 2 fully saturated rings. The number of amides is 1. The normalized spacial score (nSPS) is 16.3. The zero-order valence-corrected chi connectivity index (χ0v) is 20.7. The standard InChI is InChI=1S/C28H29N7O2/c36-27(34-14-16-37-17-15-34)22-19-29-28(30-20-22)35-12-10-33(11-13-35)26-24-9-5-4-8-23(24)25(31-32-26)18-21-6-2-1-3-7-21/h1-9,19-20H,10-18H2. The highest BCUT2D eigenvalue weighted by Crippen LogP contribution is 2.28. The average Bonchev–Trinajstić information content (AvgIpc) is 2.98. The van der Waals surface area contributed by atoms with E-state index in [4.69, 9.17) is 4.74 Å². The molecular weight excluding hydrogens is 466 g/mol. The summed E-state index contributed by atoms with van der Waals surface area (Å²) < 4.78 is 5.33. The van der Waals surface area contributed by atoms with Crippen LogP contribution < -0.4 is 9.80 Å². The van der Waals surface area contributed by atoms with E-state index in [0.717, 1.165) is 54.9 Å². The molecule has 0 aliphatic carbocycles. The molecule has 2 aliphatic rings. The number of morpholine rings is 1. The van der Waals surface area contributed by atoms with E-state index in [1.165, 1.54) is 5.56 Å². The highest BCUT2D eigenvalue weighted by atomic mass is 16.5. The summed E-state index contributed by atoms with van der Waals surface area (Å²) in [5.41, 5.74) is 2.73. The molecule has 0 N–H and O–H groups in total. The minimum atomic E-state index is -0.0409. The topological polar surface area (TPSA) is 87.6 Å². The van der Waals surface area contributed by atoms with Crippen LogP contribution >= 0.6 is 0 Å². The molecule has 0 unspecified atom stereocenters. The van der Waals surface area contributed by atoms with Gasteiger partial charge in [-0.1, -0.05) is 54.6 Å². The minimum Gasteiger partial charge on any atom is -0.378 e. The molecule has 188 valence electrons. The van der Waals surface area contributed by atoms with E-state index in [1.807, 2.05) is 6.07 Å². The molecule has 37 heavy (non-hydrogen) atoms. The van der Waals surface area contributed by atoms with Gasteiger partial charge in [0.25, 0.3) is 5.91 Å². The van der Waals surface area contributed by atoms with Crippen molar-refractivity contribution in [3.8, 4) is 0 Å². The van der Waals surface area contributed by atoms with Crippen molar-refractivity contribution in [3.63, 3.8) is 0 Å². The molecule has 4 aromatic rings. The number of hydrogen-bond acceptors (Lipinski definition) is 8. The van der Waals surface area contributed by atoms with E-state index in [0.29, 0.717) is 37.8 Å². The molecule has 0 bridgehead atoms. The fourth-order valence-electron chi connectivity index (χ4n) is 4.96. The summed E-state index contributed by atoms with van der Waals surface area (Å²) in [6.07, 6.45) is 4.03. The van der Waals surface area contributed by atoms with Gasteiger partial charge in [0.2, 0.25) is 5.95 Å². The van der Waals surface area contributed by atoms with E-state index < -0.39 is 0 Å². The van der Waals surface area contributed by atoms with Gasteiger partial charge in [-0.05, 0) is 5.56 Å². The number of nitrogens with zero attached hydrogens (tertiary/aromatic N) is 7. The maximum atomic E-state index is 12.7. The van der Waals surface area contributed by atoms with Gasteiger partial charge >= 0.3 is 0 Å². The first kappa shape index (κ1) is 23.3. The van der Waals surface area contributed by atoms with Gasteiger partial charge in [0.15, 0.2) is 5.82 Å². The number of anilines is 2. The summed E-state index contributed by atoms with van der Waals surface area (Å²) >= 11 is 0. The number of fused-ring (bicyclic) bond motifs is 1. The third-order valence-electron chi connectivity index (χ3n) is 7.00. The second-order valence-electron chi connectivity index (χ2n) is 9.33. The predicted molar refractivity (Wildman–Crippen MR) is 142 cm³/mol. The molecule has 2 aliphatic heterocycles. The Kier molecular flexibility index (Phi) is 6.60. The molecule has 6 rings (SSSR count). The fourth-order valence-corrected chi connectivity index (χ4v) is 4.96. The predicted octanol–water partition coefficient (Wildman–Crippen LogP) is 2.81. The van der Waals surface area contributed by atoms with Crippen molar-refractivity contribution >= 4 is 28.4 Å². The van der Waals surface area contributed by atoms with Gasteiger partial charge in [0.05, 0.1) is 24.5 Å². The quantitative estimate of drug-likeness (QED) is 0.418. The van der Waals surface area contributed by atoms with Gasteiger partial charge < -0.3 is 19.4 Å². The number of piperazine rings is 1. The zero-order chi connectivity index (χ0) is 25.0. The Labute approximate surface area is 215 Å². The van der Waals surface area contributed by atoms with Crippen LogP contribution in [0.25, 0.3) is 10.8 Å². The van der Waals surface area contributed by atoms with Crippen molar-refractivity contribution < 1.29 is 9.53 Å². The SMILES string of the molecule is O=C(c1cnc(N2CCN(c3nnc(Cc4ccccc4)c4ccccc34)CC2)nc1)N1CCOCC1. The largest absolute Gasteiger partial charge is 0.378 e. The Morgan fingerprint density at radius 2 is 1.41 bits per heavy atom. The lowest BCUT2D eigenvalue weighted by molar-refractivity contribution is 0.0302. The van der Waals surface area contributed by atoms with Crippen LogP contribution in [0.5, 0.6) is 0 Å². The highest BCUT2D eigenvalue weighted by Gasteiger charge is 2.24. The summed E-state index contributed by atoms with van der Waals surface area (Å²) in [6.45, 7) is 5.45. The van der Waals surface area contributed by atoms with Crippen LogP contribution in [0.15, 0.2) is 67.0 Å². The van der Waals surface area contributed by atoms with Crippen molar-refractivity contribution in [3.05, 3.63) is 83.8 Å². The Bertz CT molecular complexity index is 1370. The third kappa shape index (κ3) is 4.95. The number of hydrogen-bond donors (Lipinski definition) is 0. The highest BCUT2D eigenvalue weighted by molar-refractivity contribution is 5.94. The maximum absolute atomic E-state index is 12.7. The summed E-state index contributed by atoms with van der Waals surface area (Å²) in [4.78, 5) is 27.9. The van der Waals surface area contributed by atoms with Gasteiger partial charge in [0.1, 0.15) is 0 Å². The van der Waals surface area contributed by atoms with Gasteiger partial charge in [-0.25, -0.2) is 9.97 Å². The van der Waals surface area contributed by atoms with Gasteiger partial charge in [-0.15, -0.1) is 5.10 Å². The first-order valence-electron chi connectivity index (χ1n) is 12.7. The third-order valence-corrected chi connectivity index (χ3v) is 7.00. The van der Waals surface area contributed by atoms with Crippen molar-refractivity contribution in [1.29, 1.82) is 0 Å². The number of rotatable bonds is 5. The summed E-state index contributed by atoms with van der Waals surface area (Å²) in [5, 5.41) is 11.6. The lowest BCUT2D eigenvalue weighted by Crippen LogP contribution is -2.47. The first-order chi connectivity index (χ1) is 18.3. The maximum Gasteiger partial charge on any atom is 0.257 e. The summed E-state index contributed by atoms with van der Waals surface area (Å²) in [7, 11) is 0. The molecule has 4 heterocycles. The van der Waals surface area contributed by atoms with Gasteiger partial charge in [-0.3, -0.25) is 4.79 Å². The summed E-state index contributed by atoms with van der Waals surface area (Å²) in [6, 6.07) is 18.8. The number of ether oxygens (including phenoxy) is 1. The molecule has 0 radical (unpaired) electrons. The van der Waals surface area contributed by atoms with E-state index in [-0.39, 0.29) is 5.91 Å². The Hall–Kier alpha value is -4.11. The van der Waals surface area contributed by atoms with Crippen molar-refractivity contribution in [2.45, 2.75) is 6.42 Å². The van der Waals surface area contributed by atoms with Crippen LogP contribution in [0, 0.1) is 0 Å². The number of benzene rings is 2. The van der Waals surface area contributed by atoms with E-state index in [1.54, 1.807) is 17.3 Å². The first-order valence-corrected chi connectivity index (χ1v) is 12.7. The molecule has 0 spiro atoms. The average molecular weight is 496 g/mol. The minimum absolute atomic E-state index is 0.0409. The number of aromatic nitrogens is 4. The van der Waals surface area contributed by atoms with Crippen molar-refractivity contribution in [2.24, 2.45) is 0 Å². The Morgan fingerprint density at radius 3 is 2.14 bits per heavy atom. The monoisotopic (exact) mass is 495 g/mol. The second kappa shape index (κ2) is 10.5. The molecule has 0 atom stereocenters. The molecule has 0 saturated carbocycles. The van der Waals surface area contributed by atoms with Crippen LogP contribution in [-0.4, -0.2) is 83.5 Å². The molecule has 1 amide bonds. The molecular formula is C28H29N7O2. The van der Waals surface area contributed by atoms with Crippen LogP contribution in [0.1, 0.15) is 21.6 Å². The molecule has 2 saturated heterocycles. The second-order valence-corrected chi connectivity index (χ2v) is 9.33. The van der Waals surface area contributed by atoms with E-state index >= 15 is 0 Å². The molecule has 2 aromatic heterocycles. The number of carbonyl (C=O) groups is 1. The Morgan fingerprint density at radius 1 is 0.757 bits per heavy atom.